The van der Waals surface area contributed by atoms with Gasteiger partial charge in [0.1, 0.15) is 0 Å². The molecule has 6 nitrogen and oxygen atoms in total. The highest BCUT2D eigenvalue weighted by Gasteiger charge is 1.99. The Balaban J connectivity index is 3.28. The average molecular weight is 133 g/mol. The first-order chi connectivity index (χ1) is 4.16. The molecule has 0 aliphatic heterocycles. The third kappa shape index (κ3) is 4.56. The molecule has 0 fully saturated rings. The molecule has 0 aromatic carbocycles. The van der Waals surface area contributed by atoms with E-state index in [1.165, 1.54) is 0 Å². The number of rotatable bonds is 2. The Kier molecular flexibility index (Phi) is 3.14. The van der Waals surface area contributed by atoms with E-state index >= 15 is 0 Å². The SMILES string of the molecule is NNC(=O)OCC(N)=O. The lowest BCUT2D eigenvalue weighted by Crippen LogP contribution is -2.33. The third-order valence-electron chi connectivity index (χ3n) is 0.463. The van der Waals surface area contributed by atoms with Crippen molar-refractivity contribution in [2.75, 3.05) is 6.61 Å². The van der Waals surface area contributed by atoms with Crippen molar-refractivity contribution in [2.24, 2.45) is 11.6 Å². The van der Waals surface area contributed by atoms with Crippen LogP contribution in [0, 0.1) is 0 Å². The predicted octanol–water partition coefficient (Wildman–Crippen LogP) is -1.93. The van der Waals surface area contributed by atoms with Gasteiger partial charge in [-0.1, -0.05) is 0 Å². The topological polar surface area (TPSA) is 107 Å². The van der Waals surface area contributed by atoms with Gasteiger partial charge >= 0.3 is 6.09 Å². The first-order valence-corrected chi connectivity index (χ1v) is 2.08. The molecule has 5 N–H and O–H groups in total. The number of hydrogen-bond acceptors (Lipinski definition) is 4. The van der Waals surface area contributed by atoms with Gasteiger partial charge in [-0.2, -0.15) is 0 Å². The fourth-order valence-corrected chi connectivity index (χ4v) is 0.178. The quantitative estimate of drug-likeness (QED) is 0.231. The molecular weight excluding hydrogens is 126 g/mol. The Hall–Kier alpha value is -1.30. The van der Waals surface area contributed by atoms with Crippen LogP contribution in [-0.2, 0) is 9.53 Å². The molecule has 0 aromatic rings. The van der Waals surface area contributed by atoms with Gasteiger partial charge in [-0.15, -0.1) is 0 Å². The van der Waals surface area contributed by atoms with Crippen molar-refractivity contribution in [1.82, 2.24) is 5.43 Å². The minimum Gasteiger partial charge on any atom is -0.439 e. The Morgan fingerprint density at radius 1 is 1.56 bits per heavy atom. The van der Waals surface area contributed by atoms with Crippen molar-refractivity contribution >= 4 is 12.0 Å². The van der Waals surface area contributed by atoms with E-state index in [1.54, 1.807) is 5.43 Å². The number of nitrogens with two attached hydrogens (primary N) is 2. The molecule has 52 valence electrons. The summed E-state index contributed by atoms with van der Waals surface area (Å²) >= 11 is 0. The summed E-state index contributed by atoms with van der Waals surface area (Å²) in [6.07, 6.45) is -0.881. The second kappa shape index (κ2) is 3.67. The summed E-state index contributed by atoms with van der Waals surface area (Å²) in [4.78, 5) is 19.9. The van der Waals surface area contributed by atoms with Gasteiger partial charge in [-0.25, -0.2) is 10.6 Å². The van der Waals surface area contributed by atoms with E-state index in [4.69, 9.17) is 0 Å². The minimum atomic E-state index is -0.881. The van der Waals surface area contributed by atoms with Gasteiger partial charge in [-0.05, 0) is 0 Å². The highest BCUT2D eigenvalue weighted by atomic mass is 16.6. The van der Waals surface area contributed by atoms with Crippen LogP contribution in [0.15, 0.2) is 0 Å². The lowest BCUT2D eigenvalue weighted by Gasteiger charge is -1.97. The molecule has 0 aromatic heterocycles. The van der Waals surface area contributed by atoms with Crippen molar-refractivity contribution in [3.8, 4) is 0 Å². The van der Waals surface area contributed by atoms with E-state index in [2.05, 4.69) is 16.3 Å². The van der Waals surface area contributed by atoms with Gasteiger partial charge in [0.15, 0.2) is 6.61 Å². The van der Waals surface area contributed by atoms with Gasteiger partial charge in [0.25, 0.3) is 5.91 Å². The molecule has 0 spiro atoms. The zero-order chi connectivity index (χ0) is 7.28. The van der Waals surface area contributed by atoms with Crippen molar-refractivity contribution < 1.29 is 14.3 Å². The van der Waals surface area contributed by atoms with Crippen LogP contribution in [0.4, 0.5) is 4.79 Å². The first-order valence-electron chi connectivity index (χ1n) is 2.08. The molecule has 0 rings (SSSR count). The molecule has 0 atom stereocenters. The van der Waals surface area contributed by atoms with E-state index in [1.807, 2.05) is 0 Å². The maximum atomic E-state index is 10.1. The highest BCUT2D eigenvalue weighted by molar-refractivity contribution is 5.78. The number of amides is 2. The standard InChI is InChI=1S/C3H7N3O3/c4-2(7)1-9-3(8)6-5/h1,5H2,(H2,4,7)(H,6,8). The van der Waals surface area contributed by atoms with Crippen molar-refractivity contribution in [3.63, 3.8) is 0 Å². The fraction of sp³-hybridized carbons (Fsp3) is 0.333. The average Bonchev–Trinajstić information content (AvgIpc) is 1.83. The summed E-state index contributed by atoms with van der Waals surface area (Å²) in [5, 5.41) is 0. The summed E-state index contributed by atoms with van der Waals surface area (Å²) in [5.41, 5.74) is 6.26. The summed E-state index contributed by atoms with van der Waals surface area (Å²) in [7, 11) is 0. The zero-order valence-corrected chi connectivity index (χ0v) is 4.59. The number of hydrogen-bond donors (Lipinski definition) is 3. The molecule has 0 saturated carbocycles. The van der Waals surface area contributed by atoms with Crippen LogP contribution < -0.4 is 17.0 Å². The van der Waals surface area contributed by atoms with Crippen LogP contribution in [0.1, 0.15) is 0 Å². The van der Waals surface area contributed by atoms with E-state index in [0.717, 1.165) is 0 Å². The molecule has 0 radical (unpaired) electrons. The number of hydrazine groups is 1. The highest BCUT2D eigenvalue weighted by Crippen LogP contribution is 1.71. The number of primary amides is 1. The molecule has 0 aliphatic carbocycles. The second-order valence-corrected chi connectivity index (χ2v) is 1.19. The van der Waals surface area contributed by atoms with Gasteiger partial charge < -0.3 is 10.5 Å². The lowest BCUT2D eigenvalue weighted by atomic mass is 10.7. The van der Waals surface area contributed by atoms with Crippen LogP contribution in [0.25, 0.3) is 0 Å². The third-order valence-corrected chi connectivity index (χ3v) is 0.463. The smallest absolute Gasteiger partial charge is 0.421 e. The number of carbonyl (C=O) groups is 2. The lowest BCUT2D eigenvalue weighted by molar-refractivity contribution is -0.120. The normalized spacial score (nSPS) is 8.11. The van der Waals surface area contributed by atoms with Crippen LogP contribution in [0.2, 0.25) is 0 Å². The summed E-state index contributed by atoms with van der Waals surface area (Å²) in [5.74, 6) is 3.86. The monoisotopic (exact) mass is 133 g/mol. The summed E-state index contributed by atoms with van der Waals surface area (Å²) < 4.78 is 4.10. The van der Waals surface area contributed by atoms with Crippen LogP contribution in [0.3, 0.4) is 0 Å². The first kappa shape index (κ1) is 7.70. The molecular formula is C3H7N3O3. The van der Waals surface area contributed by atoms with E-state index in [0.29, 0.717) is 0 Å². The van der Waals surface area contributed by atoms with Gasteiger partial charge in [-0.3, -0.25) is 10.2 Å². The number of nitrogens with one attached hydrogen (secondary N) is 1. The maximum absolute atomic E-state index is 10.1. The van der Waals surface area contributed by atoms with Gasteiger partial charge in [0.05, 0.1) is 0 Å². The number of ether oxygens (including phenoxy) is 1. The molecule has 0 heterocycles. The minimum absolute atomic E-state index is 0.455. The van der Waals surface area contributed by atoms with Crippen molar-refractivity contribution in [2.45, 2.75) is 0 Å². The largest absolute Gasteiger partial charge is 0.439 e. The number of carbonyl (C=O) groups excluding carboxylic acids is 2. The van der Waals surface area contributed by atoms with Crippen LogP contribution in [-0.4, -0.2) is 18.6 Å². The van der Waals surface area contributed by atoms with E-state index < -0.39 is 18.6 Å². The zero-order valence-electron chi connectivity index (χ0n) is 4.59. The van der Waals surface area contributed by atoms with Gasteiger partial charge in [0, 0.05) is 0 Å². The molecule has 0 unspecified atom stereocenters. The molecule has 0 bridgehead atoms. The van der Waals surface area contributed by atoms with Crippen molar-refractivity contribution in [1.29, 1.82) is 0 Å². The Morgan fingerprint density at radius 3 is 2.44 bits per heavy atom. The second-order valence-electron chi connectivity index (χ2n) is 1.19. The Labute approximate surface area is 51.1 Å². The summed E-state index contributed by atoms with van der Waals surface area (Å²) in [6, 6.07) is 0. The predicted molar refractivity (Wildman–Crippen MR) is 27.9 cm³/mol. The Morgan fingerprint density at radius 2 is 2.11 bits per heavy atom. The fourth-order valence-electron chi connectivity index (χ4n) is 0.178. The maximum Gasteiger partial charge on any atom is 0.421 e. The Bertz CT molecular complexity index is 123. The molecule has 9 heavy (non-hydrogen) atoms. The molecule has 0 saturated heterocycles. The molecule has 2 amide bonds. The van der Waals surface area contributed by atoms with E-state index in [9.17, 15) is 9.59 Å². The molecule has 6 heteroatoms. The molecule has 0 aliphatic rings. The van der Waals surface area contributed by atoms with Crippen LogP contribution >= 0.6 is 0 Å². The van der Waals surface area contributed by atoms with E-state index in [-0.39, 0.29) is 0 Å². The van der Waals surface area contributed by atoms with Crippen LogP contribution in [0.5, 0.6) is 0 Å². The van der Waals surface area contributed by atoms with Crippen molar-refractivity contribution in [3.05, 3.63) is 0 Å². The van der Waals surface area contributed by atoms with Gasteiger partial charge in [0.2, 0.25) is 0 Å². The summed E-state index contributed by atoms with van der Waals surface area (Å²) in [6.45, 7) is -0.455.